The minimum atomic E-state index is -3.65. The molecule has 0 bridgehead atoms. The van der Waals surface area contributed by atoms with Gasteiger partial charge in [-0.15, -0.1) is 5.10 Å². The van der Waals surface area contributed by atoms with E-state index in [2.05, 4.69) is 15.6 Å². The fraction of sp³-hybridized carbons (Fsp3) is 0.526. The third-order valence-corrected chi connectivity index (χ3v) is 7.77. The number of hydrogen-bond donors (Lipinski definition) is 1. The highest BCUT2D eigenvalue weighted by Crippen LogP contribution is 2.28. The fourth-order valence-electron chi connectivity index (χ4n) is 4.11. The summed E-state index contributed by atoms with van der Waals surface area (Å²) in [5, 5.41) is 11.4. The Morgan fingerprint density at radius 1 is 1.21 bits per heavy atom. The zero-order valence-electron chi connectivity index (χ0n) is 16.0. The van der Waals surface area contributed by atoms with Crippen molar-refractivity contribution in [1.82, 2.24) is 24.6 Å². The Kier molecular flexibility index (Phi) is 5.89. The summed E-state index contributed by atoms with van der Waals surface area (Å²) < 4.78 is 29.2. The van der Waals surface area contributed by atoms with Crippen LogP contribution in [0.15, 0.2) is 35.4 Å². The molecule has 29 heavy (non-hydrogen) atoms. The van der Waals surface area contributed by atoms with Gasteiger partial charge in [-0.3, -0.25) is 9.48 Å². The average Bonchev–Trinajstić information content (AvgIpc) is 3.44. The summed E-state index contributed by atoms with van der Waals surface area (Å²) in [6, 6.07) is 6.26. The number of benzene rings is 1. The predicted octanol–water partition coefficient (Wildman–Crippen LogP) is 2.46. The van der Waals surface area contributed by atoms with Crippen LogP contribution in [-0.4, -0.2) is 52.3 Å². The molecule has 0 spiro atoms. The molecule has 1 aliphatic carbocycles. The number of carbonyl (C=O) groups is 1. The smallest absolute Gasteiger partial charge is 0.273 e. The number of aromatic nitrogens is 3. The topological polar surface area (TPSA) is 97.2 Å². The van der Waals surface area contributed by atoms with Gasteiger partial charge in [-0.1, -0.05) is 35.7 Å². The van der Waals surface area contributed by atoms with Crippen molar-refractivity contribution in [2.45, 2.75) is 62.0 Å². The molecule has 8 nitrogen and oxygen atoms in total. The highest BCUT2D eigenvalue weighted by molar-refractivity contribution is 7.89. The number of rotatable bonds is 6. The minimum absolute atomic E-state index is 0.187. The molecular formula is C19H24ClN5O3S. The molecule has 1 atom stereocenters. The standard InChI is InChI=1S/C19H24ClN5O3S/c20-14-5-3-9-17(11-14)29(27,28)25-10-4-8-16(25)12-24-13-18(22-23-24)19(26)21-15-6-1-2-7-15/h3,5,9,11,13,15-16H,1-2,4,6-8,10,12H2,(H,21,26)/t16-/m0/s1. The van der Waals surface area contributed by atoms with E-state index in [-0.39, 0.29) is 28.6 Å². The number of sulfonamides is 1. The average molecular weight is 438 g/mol. The number of carbonyl (C=O) groups excluding carboxylic acids is 1. The summed E-state index contributed by atoms with van der Waals surface area (Å²) in [6.45, 7) is 0.798. The zero-order chi connectivity index (χ0) is 20.4. The Morgan fingerprint density at radius 2 is 2.00 bits per heavy atom. The molecule has 1 amide bonds. The van der Waals surface area contributed by atoms with Crippen LogP contribution in [0.4, 0.5) is 0 Å². The maximum absolute atomic E-state index is 13.1. The molecule has 2 heterocycles. The predicted molar refractivity (Wildman–Crippen MR) is 108 cm³/mol. The molecule has 1 aromatic heterocycles. The Labute approximate surface area is 175 Å². The lowest BCUT2D eigenvalue weighted by Gasteiger charge is -2.24. The van der Waals surface area contributed by atoms with Crippen LogP contribution in [0.2, 0.25) is 5.02 Å². The lowest BCUT2D eigenvalue weighted by Crippen LogP contribution is -2.38. The lowest BCUT2D eigenvalue weighted by molar-refractivity contribution is 0.0932. The number of nitrogens with zero attached hydrogens (tertiary/aromatic N) is 4. The number of nitrogens with one attached hydrogen (secondary N) is 1. The van der Waals surface area contributed by atoms with Gasteiger partial charge in [-0.2, -0.15) is 4.31 Å². The summed E-state index contributed by atoms with van der Waals surface area (Å²) in [4.78, 5) is 12.5. The van der Waals surface area contributed by atoms with Crippen LogP contribution in [0.3, 0.4) is 0 Å². The Bertz CT molecular complexity index is 987. The third-order valence-electron chi connectivity index (χ3n) is 5.59. The van der Waals surface area contributed by atoms with Gasteiger partial charge in [0.2, 0.25) is 10.0 Å². The Hall–Kier alpha value is -1.97. The summed E-state index contributed by atoms with van der Waals surface area (Å²) >= 11 is 5.97. The van der Waals surface area contributed by atoms with Gasteiger partial charge < -0.3 is 5.32 Å². The quantitative estimate of drug-likeness (QED) is 0.748. The van der Waals surface area contributed by atoms with Crippen molar-refractivity contribution < 1.29 is 13.2 Å². The lowest BCUT2D eigenvalue weighted by atomic mass is 10.2. The van der Waals surface area contributed by atoms with E-state index in [0.29, 0.717) is 18.1 Å². The Balaban J connectivity index is 1.45. The first-order valence-electron chi connectivity index (χ1n) is 9.92. The van der Waals surface area contributed by atoms with Crippen molar-refractivity contribution in [2.24, 2.45) is 0 Å². The largest absolute Gasteiger partial charge is 0.348 e. The van der Waals surface area contributed by atoms with Gasteiger partial charge in [0.05, 0.1) is 17.6 Å². The van der Waals surface area contributed by atoms with E-state index < -0.39 is 10.0 Å². The minimum Gasteiger partial charge on any atom is -0.348 e. The molecule has 10 heteroatoms. The fourth-order valence-corrected chi connectivity index (χ4v) is 6.09. The normalized spacial score (nSPS) is 20.9. The number of hydrogen-bond acceptors (Lipinski definition) is 5. The van der Waals surface area contributed by atoms with Crippen molar-refractivity contribution in [3.8, 4) is 0 Å². The molecule has 1 aromatic carbocycles. The monoisotopic (exact) mass is 437 g/mol. The van der Waals surface area contributed by atoms with Gasteiger partial charge in [0.25, 0.3) is 5.91 Å². The van der Waals surface area contributed by atoms with Crippen molar-refractivity contribution in [1.29, 1.82) is 0 Å². The van der Waals surface area contributed by atoms with Gasteiger partial charge in [-0.05, 0) is 43.9 Å². The van der Waals surface area contributed by atoms with Crippen LogP contribution < -0.4 is 5.32 Å². The molecule has 1 N–H and O–H groups in total. The number of halogens is 1. The molecule has 1 aliphatic heterocycles. The molecule has 4 rings (SSSR count). The van der Waals surface area contributed by atoms with Crippen molar-refractivity contribution in [3.63, 3.8) is 0 Å². The molecule has 1 saturated heterocycles. The van der Waals surface area contributed by atoms with E-state index in [0.717, 1.165) is 38.5 Å². The first kappa shape index (κ1) is 20.3. The SMILES string of the molecule is O=C(NC1CCCC1)c1cn(C[C@@H]2CCCN2S(=O)(=O)c2cccc(Cl)c2)nn1. The van der Waals surface area contributed by atoms with Crippen LogP contribution in [0, 0.1) is 0 Å². The summed E-state index contributed by atoms with van der Waals surface area (Å²) in [7, 11) is -3.65. The van der Waals surface area contributed by atoms with Gasteiger partial charge >= 0.3 is 0 Å². The second kappa shape index (κ2) is 8.41. The summed E-state index contributed by atoms with van der Waals surface area (Å²) in [6.07, 6.45) is 7.35. The van der Waals surface area contributed by atoms with Crippen LogP contribution in [-0.2, 0) is 16.6 Å². The van der Waals surface area contributed by atoms with E-state index in [1.165, 1.54) is 10.4 Å². The first-order chi connectivity index (χ1) is 13.9. The highest BCUT2D eigenvalue weighted by Gasteiger charge is 2.36. The summed E-state index contributed by atoms with van der Waals surface area (Å²) in [5.74, 6) is -0.224. The molecule has 0 unspecified atom stereocenters. The third kappa shape index (κ3) is 4.46. The second-order valence-electron chi connectivity index (χ2n) is 7.65. The van der Waals surface area contributed by atoms with Crippen molar-refractivity contribution >= 4 is 27.5 Å². The maximum atomic E-state index is 13.1. The van der Waals surface area contributed by atoms with Crippen molar-refractivity contribution in [3.05, 3.63) is 41.2 Å². The van der Waals surface area contributed by atoms with Crippen LogP contribution in [0.25, 0.3) is 0 Å². The van der Waals surface area contributed by atoms with Gasteiger partial charge in [-0.25, -0.2) is 8.42 Å². The van der Waals surface area contributed by atoms with E-state index >= 15 is 0 Å². The van der Waals surface area contributed by atoms with Gasteiger partial charge in [0.15, 0.2) is 5.69 Å². The maximum Gasteiger partial charge on any atom is 0.273 e. The Morgan fingerprint density at radius 3 is 2.76 bits per heavy atom. The van der Waals surface area contributed by atoms with E-state index in [1.54, 1.807) is 29.1 Å². The van der Waals surface area contributed by atoms with Gasteiger partial charge in [0.1, 0.15) is 0 Å². The number of amides is 1. The van der Waals surface area contributed by atoms with Crippen LogP contribution in [0.1, 0.15) is 49.0 Å². The molecule has 0 radical (unpaired) electrons. The van der Waals surface area contributed by atoms with E-state index in [1.807, 2.05) is 0 Å². The first-order valence-corrected chi connectivity index (χ1v) is 11.7. The molecule has 2 aromatic rings. The molecule has 156 valence electrons. The molecule has 2 aliphatic rings. The van der Waals surface area contributed by atoms with Crippen LogP contribution >= 0.6 is 11.6 Å². The zero-order valence-corrected chi connectivity index (χ0v) is 17.6. The molecular weight excluding hydrogens is 414 g/mol. The molecule has 2 fully saturated rings. The van der Waals surface area contributed by atoms with Crippen molar-refractivity contribution in [2.75, 3.05) is 6.54 Å². The van der Waals surface area contributed by atoms with Gasteiger partial charge in [0, 0.05) is 23.7 Å². The summed E-state index contributed by atoms with van der Waals surface area (Å²) in [5.41, 5.74) is 0.263. The van der Waals surface area contributed by atoms with E-state index in [4.69, 9.17) is 11.6 Å². The van der Waals surface area contributed by atoms with Crippen LogP contribution in [0.5, 0.6) is 0 Å². The second-order valence-corrected chi connectivity index (χ2v) is 9.98. The highest BCUT2D eigenvalue weighted by atomic mass is 35.5. The van der Waals surface area contributed by atoms with E-state index in [9.17, 15) is 13.2 Å². The molecule has 1 saturated carbocycles.